The molecule has 2 unspecified atom stereocenters. The summed E-state index contributed by atoms with van der Waals surface area (Å²) in [5.41, 5.74) is 14.4. The van der Waals surface area contributed by atoms with Gasteiger partial charge in [-0.15, -0.1) is 13.1 Å². The summed E-state index contributed by atoms with van der Waals surface area (Å²) in [6.45, 7) is 1.16. The van der Waals surface area contributed by atoms with E-state index in [4.69, 9.17) is 30.3 Å². The van der Waals surface area contributed by atoms with E-state index in [1.165, 1.54) is 19.3 Å². The molecule has 0 spiro atoms. The van der Waals surface area contributed by atoms with Gasteiger partial charge in [-0.25, -0.2) is 0 Å². The van der Waals surface area contributed by atoms with Crippen LogP contribution in [0.15, 0.2) is 0 Å². The van der Waals surface area contributed by atoms with Crippen molar-refractivity contribution in [3.8, 4) is 0 Å². The largest absolute Gasteiger partial charge is 0.677 e. The zero-order valence-electron chi connectivity index (χ0n) is 7.47. The number of nitrogens with one attached hydrogen (secondary N) is 2. The summed E-state index contributed by atoms with van der Waals surface area (Å²) in [5.74, 6) is 1.23. The Hall–Kier alpha value is 1.19. The van der Waals surface area contributed by atoms with Crippen LogP contribution in [0.5, 0.6) is 0 Å². The molecule has 0 saturated heterocycles. The van der Waals surface area contributed by atoms with Crippen LogP contribution in [0.2, 0.25) is 0 Å². The van der Waals surface area contributed by atoms with Crippen LogP contribution in [-0.4, -0.2) is 13.1 Å². The third kappa shape index (κ3) is 7.16. The van der Waals surface area contributed by atoms with Gasteiger partial charge in [-0.05, 0) is 0 Å². The van der Waals surface area contributed by atoms with E-state index in [9.17, 15) is 0 Å². The van der Waals surface area contributed by atoms with Gasteiger partial charge in [0.15, 0.2) is 0 Å². The van der Waals surface area contributed by atoms with Crippen molar-refractivity contribution >= 4 is 18.8 Å². The van der Waals surface area contributed by atoms with Gasteiger partial charge in [-0.3, -0.25) is 0 Å². The topological polar surface area (TPSA) is 47.6 Å². The molecule has 1 rings (SSSR count). The molecule has 0 aromatic rings. The normalized spacial score (nSPS) is 28.0. The van der Waals surface area contributed by atoms with Gasteiger partial charge in [0.05, 0.1) is 0 Å². The van der Waals surface area contributed by atoms with Crippen LogP contribution < -0.4 is 0 Å². The second-order valence-corrected chi connectivity index (χ2v) is 6.63. The van der Waals surface area contributed by atoms with Crippen molar-refractivity contribution in [1.29, 1.82) is 0 Å². The number of halogens is 2. The molecule has 0 aromatic heterocycles. The molecule has 82 valence electrons. The molecule has 1 saturated carbocycles. The van der Waals surface area contributed by atoms with Gasteiger partial charge in [0, 0.05) is 0 Å². The molecule has 0 aliphatic heterocycles. The monoisotopic (exact) mass is 405 g/mol. The Balaban J connectivity index is 0.000000424. The van der Waals surface area contributed by atoms with Gasteiger partial charge >= 0.3 is 35.3 Å². The van der Waals surface area contributed by atoms with E-state index in [2.05, 4.69) is 0 Å². The van der Waals surface area contributed by atoms with Gasteiger partial charge < -0.3 is 11.5 Å². The Kier molecular flexibility index (Phi) is 10.6. The van der Waals surface area contributed by atoms with E-state index in [1.807, 2.05) is 0 Å². The van der Waals surface area contributed by atoms with Crippen LogP contribution in [0.3, 0.4) is 0 Å². The summed E-state index contributed by atoms with van der Waals surface area (Å²) in [5, 5.41) is 0. The van der Waals surface area contributed by atoms with Crippen molar-refractivity contribution in [2.24, 2.45) is 11.8 Å². The van der Waals surface area contributed by atoms with Crippen LogP contribution in [0, 0.1) is 11.8 Å². The van der Waals surface area contributed by atoms with Gasteiger partial charge in [-0.2, -0.15) is 0 Å². The Bertz CT molecular complexity index is 106. The quantitative estimate of drug-likeness (QED) is 0.658. The predicted molar refractivity (Wildman–Crippen MR) is 55.5 cm³/mol. The van der Waals surface area contributed by atoms with E-state index >= 15 is 0 Å². The molecule has 1 aliphatic rings. The molecular formula is C8H16Cl2N2Pt. The zero-order chi connectivity index (χ0) is 10.1. The third-order valence-electron chi connectivity index (χ3n) is 2.47. The van der Waals surface area contributed by atoms with Gasteiger partial charge in [0.2, 0.25) is 0 Å². The fraction of sp³-hybridized carbons (Fsp3) is 1.00. The molecule has 0 amide bonds. The molecule has 2 nitrogen and oxygen atoms in total. The standard InChI is InChI=1S/C8H16N2.2ClH.Pt/c9-5-7-2-1-3-8(4-7)6-10;;;/h7-10H,1-6H2;2*1H;/q-2;;;+4/p-2. The molecule has 1 aliphatic carbocycles. The fourth-order valence-corrected chi connectivity index (χ4v) is 1.77. The number of rotatable bonds is 2. The van der Waals surface area contributed by atoms with Gasteiger partial charge in [0.25, 0.3) is 0 Å². The van der Waals surface area contributed by atoms with Gasteiger partial charge in [-0.1, -0.05) is 37.5 Å². The van der Waals surface area contributed by atoms with E-state index < -0.39 is 16.5 Å². The summed E-state index contributed by atoms with van der Waals surface area (Å²) in [4.78, 5) is 0. The van der Waals surface area contributed by atoms with E-state index in [0.29, 0.717) is 24.9 Å². The Morgan fingerprint density at radius 3 is 1.77 bits per heavy atom. The molecule has 1 fully saturated rings. The minimum atomic E-state index is -0.472. The molecule has 0 radical (unpaired) electrons. The molecule has 0 aromatic carbocycles. The summed E-state index contributed by atoms with van der Waals surface area (Å²) < 4.78 is 0. The van der Waals surface area contributed by atoms with Crippen LogP contribution >= 0.6 is 18.8 Å². The molecule has 0 bridgehead atoms. The minimum absolute atomic E-state index is 0.472. The average Bonchev–Trinajstić information content (AvgIpc) is 2.19. The number of hydrogen-bond donors (Lipinski definition) is 0. The maximum absolute atomic E-state index is 7.20. The summed E-state index contributed by atoms with van der Waals surface area (Å²) in [6, 6.07) is 0. The first-order valence-corrected chi connectivity index (χ1v) is 10.0. The summed E-state index contributed by atoms with van der Waals surface area (Å²) in [6.07, 6.45) is 4.88. The first-order valence-electron chi connectivity index (χ1n) is 4.40. The van der Waals surface area contributed by atoms with E-state index in [-0.39, 0.29) is 0 Å². The predicted octanol–water partition coefficient (Wildman–Crippen LogP) is 4.27. The fourth-order valence-electron chi connectivity index (χ4n) is 1.77. The molecule has 2 N–H and O–H groups in total. The van der Waals surface area contributed by atoms with Crippen molar-refractivity contribution in [1.82, 2.24) is 0 Å². The number of hydrogen-bond acceptors (Lipinski definition) is 0. The molecule has 5 heteroatoms. The Morgan fingerprint density at radius 1 is 1.08 bits per heavy atom. The first kappa shape index (κ1) is 14.2. The third-order valence-corrected chi connectivity index (χ3v) is 2.47. The second kappa shape index (κ2) is 9.73. The van der Waals surface area contributed by atoms with Crippen molar-refractivity contribution in [3.63, 3.8) is 0 Å². The SMILES string of the molecule is [Cl][Pt+2][Cl].[NH-]CC1CCCC(C[NH-])C1. The van der Waals surface area contributed by atoms with Gasteiger partial charge in [0.1, 0.15) is 0 Å². The average molecular weight is 406 g/mol. The molecule has 2 atom stereocenters. The summed E-state index contributed by atoms with van der Waals surface area (Å²) >= 11 is -0.472. The zero-order valence-corrected chi connectivity index (χ0v) is 11.3. The summed E-state index contributed by atoms with van der Waals surface area (Å²) in [7, 11) is 9.75. The van der Waals surface area contributed by atoms with Crippen molar-refractivity contribution in [2.45, 2.75) is 25.7 Å². The first-order chi connectivity index (χ1) is 6.28. The maximum atomic E-state index is 7.20. The van der Waals surface area contributed by atoms with Crippen LogP contribution in [-0.2, 0) is 16.5 Å². The van der Waals surface area contributed by atoms with Crippen LogP contribution in [0.25, 0.3) is 11.5 Å². The van der Waals surface area contributed by atoms with Crippen LogP contribution in [0.1, 0.15) is 25.7 Å². The smallest absolute Gasteiger partial charge is 0.0509 e. The molecule has 13 heavy (non-hydrogen) atoms. The van der Waals surface area contributed by atoms with Crippen molar-refractivity contribution < 1.29 is 16.5 Å². The van der Waals surface area contributed by atoms with E-state index in [1.54, 1.807) is 0 Å². The van der Waals surface area contributed by atoms with Crippen molar-refractivity contribution in [2.75, 3.05) is 13.1 Å². The minimum Gasteiger partial charge on any atom is -0.677 e. The second-order valence-electron chi connectivity index (χ2n) is 3.35. The Morgan fingerprint density at radius 2 is 1.46 bits per heavy atom. The van der Waals surface area contributed by atoms with Crippen molar-refractivity contribution in [3.05, 3.63) is 11.5 Å². The van der Waals surface area contributed by atoms with Crippen LogP contribution in [0.4, 0.5) is 0 Å². The molecular weight excluding hydrogens is 390 g/mol. The van der Waals surface area contributed by atoms with E-state index in [0.717, 1.165) is 6.42 Å². The maximum Gasteiger partial charge on any atom is -0.0509 e. The molecule has 0 heterocycles. The Labute approximate surface area is 97.1 Å².